The van der Waals surface area contributed by atoms with Crippen molar-refractivity contribution in [3.8, 4) is 0 Å². The topological polar surface area (TPSA) is 52.9 Å². The molecule has 3 heterocycles. The van der Waals surface area contributed by atoms with Crippen LogP contribution in [0.25, 0.3) is 5.65 Å². The molecule has 1 amide bonds. The van der Waals surface area contributed by atoms with Gasteiger partial charge in [0.1, 0.15) is 5.65 Å². The lowest BCUT2D eigenvalue weighted by Gasteiger charge is -2.35. The predicted molar refractivity (Wildman–Crippen MR) is 95.3 cm³/mol. The van der Waals surface area contributed by atoms with Crippen molar-refractivity contribution in [3.05, 3.63) is 36.3 Å². The molecular weight excluding hydrogens is 302 g/mol. The molecule has 130 valence electrons. The van der Waals surface area contributed by atoms with Crippen molar-refractivity contribution >= 4 is 11.6 Å². The molecule has 0 saturated carbocycles. The van der Waals surface area contributed by atoms with Crippen LogP contribution in [0.15, 0.2) is 30.7 Å². The van der Waals surface area contributed by atoms with Crippen LogP contribution in [0.1, 0.15) is 30.6 Å². The highest BCUT2D eigenvalue weighted by molar-refractivity contribution is 5.94. The number of carbonyl (C=O) groups excluding carboxylic acids is 1. The first-order valence-corrected chi connectivity index (χ1v) is 8.59. The highest BCUT2D eigenvalue weighted by atomic mass is 16.1. The normalized spacial score (nSPS) is 17.3. The molecule has 2 aromatic heterocycles. The molecule has 1 fully saturated rings. The lowest BCUT2D eigenvalue weighted by molar-refractivity contribution is 0.0893. The Bertz CT molecular complexity index is 700. The van der Waals surface area contributed by atoms with E-state index in [9.17, 15) is 4.79 Å². The fraction of sp³-hybridized carbons (Fsp3) is 0.556. The van der Waals surface area contributed by atoms with Crippen molar-refractivity contribution in [2.75, 3.05) is 39.8 Å². The Balaban J connectivity index is 1.55. The molecule has 24 heavy (non-hydrogen) atoms. The van der Waals surface area contributed by atoms with Crippen LogP contribution in [0.4, 0.5) is 0 Å². The van der Waals surface area contributed by atoms with Gasteiger partial charge in [0.15, 0.2) is 0 Å². The van der Waals surface area contributed by atoms with E-state index in [1.54, 1.807) is 6.20 Å². The Morgan fingerprint density at radius 3 is 2.75 bits per heavy atom. The van der Waals surface area contributed by atoms with E-state index in [1.807, 2.05) is 28.9 Å². The van der Waals surface area contributed by atoms with Crippen LogP contribution in [0.3, 0.4) is 0 Å². The van der Waals surface area contributed by atoms with E-state index >= 15 is 0 Å². The van der Waals surface area contributed by atoms with Gasteiger partial charge in [-0.1, -0.05) is 0 Å². The fourth-order valence-corrected chi connectivity index (χ4v) is 3.01. The van der Waals surface area contributed by atoms with E-state index in [2.05, 4.69) is 41.0 Å². The number of imidazole rings is 1. The summed E-state index contributed by atoms with van der Waals surface area (Å²) in [4.78, 5) is 21.6. The number of piperazine rings is 1. The van der Waals surface area contributed by atoms with E-state index in [0.29, 0.717) is 5.56 Å². The van der Waals surface area contributed by atoms with Crippen LogP contribution in [0.2, 0.25) is 0 Å². The molecule has 6 heteroatoms. The summed E-state index contributed by atoms with van der Waals surface area (Å²) >= 11 is 0. The molecule has 6 nitrogen and oxygen atoms in total. The van der Waals surface area contributed by atoms with Crippen molar-refractivity contribution in [2.24, 2.45) is 0 Å². The maximum absolute atomic E-state index is 12.6. The second-order valence-electron chi connectivity index (χ2n) is 7.34. The minimum Gasteiger partial charge on any atom is -0.347 e. The second kappa shape index (κ2) is 6.91. The number of nitrogens with zero attached hydrogens (tertiary/aromatic N) is 4. The van der Waals surface area contributed by atoms with Crippen LogP contribution < -0.4 is 5.32 Å². The van der Waals surface area contributed by atoms with Crippen molar-refractivity contribution in [2.45, 2.75) is 25.8 Å². The number of aromatic nitrogens is 2. The largest absolute Gasteiger partial charge is 0.347 e. The molecule has 0 unspecified atom stereocenters. The predicted octanol–water partition coefficient (Wildman–Crippen LogP) is 1.48. The number of fused-ring (bicyclic) bond motifs is 1. The molecule has 2 aromatic rings. The Morgan fingerprint density at radius 2 is 2.00 bits per heavy atom. The third-order valence-corrected chi connectivity index (χ3v) is 4.75. The van der Waals surface area contributed by atoms with Gasteiger partial charge >= 0.3 is 0 Å². The first-order valence-electron chi connectivity index (χ1n) is 8.59. The summed E-state index contributed by atoms with van der Waals surface area (Å²) in [6, 6.07) is 3.69. The summed E-state index contributed by atoms with van der Waals surface area (Å²) in [7, 11) is 2.17. The highest BCUT2D eigenvalue weighted by Gasteiger charge is 2.23. The molecule has 1 aliphatic rings. The Kier molecular flexibility index (Phi) is 4.87. The number of hydrogen-bond acceptors (Lipinski definition) is 4. The van der Waals surface area contributed by atoms with Gasteiger partial charge in [0.05, 0.1) is 5.56 Å². The molecule has 0 spiro atoms. The number of nitrogens with one attached hydrogen (secondary N) is 1. The van der Waals surface area contributed by atoms with Gasteiger partial charge in [-0.25, -0.2) is 4.98 Å². The first-order chi connectivity index (χ1) is 11.4. The first kappa shape index (κ1) is 16.9. The van der Waals surface area contributed by atoms with Gasteiger partial charge in [-0.05, 0) is 39.4 Å². The maximum Gasteiger partial charge on any atom is 0.253 e. The Morgan fingerprint density at radius 1 is 1.25 bits per heavy atom. The average molecular weight is 329 g/mol. The van der Waals surface area contributed by atoms with Crippen LogP contribution in [0, 0.1) is 0 Å². The van der Waals surface area contributed by atoms with E-state index in [1.165, 1.54) is 0 Å². The Hall–Kier alpha value is -1.92. The average Bonchev–Trinajstić information content (AvgIpc) is 3.01. The van der Waals surface area contributed by atoms with Crippen LogP contribution in [-0.2, 0) is 0 Å². The summed E-state index contributed by atoms with van der Waals surface area (Å²) in [6.45, 7) is 9.67. The van der Waals surface area contributed by atoms with E-state index in [0.717, 1.165) is 44.8 Å². The van der Waals surface area contributed by atoms with Gasteiger partial charge in [0.2, 0.25) is 0 Å². The monoisotopic (exact) mass is 329 g/mol. The van der Waals surface area contributed by atoms with E-state index in [-0.39, 0.29) is 11.4 Å². The van der Waals surface area contributed by atoms with Crippen molar-refractivity contribution in [3.63, 3.8) is 0 Å². The van der Waals surface area contributed by atoms with Crippen LogP contribution in [-0.4, -0.2) is 70.4 Å². The zero-order valence-corrected chi connectivity index (χ0v) is 14.8. The lowest BCUT2D eigenvalue weighted by atomic mass is 9.99. The SMILES string of the molecule is CN1CCN(CCC(C)(C)NC(=O)c2ccc3nccn3c2)CC1. The fourth-order valence-electron chi connectivity index (χ4n) is 3.01. The summed E-state index contributed by atoms with van der Waals surface area (Å²) < 4.78 is 1.87. The minimum absolute atomic E-state index is 0.0334. The smallest absolute Gasteiger partial charge is 0.253 e. The van der Waals surface area contributed by atoms with E-state index in [4.69, 9.17) is 0 Å². The molecule has 0 bridgehead atoms. The summed E-state index contributed by atoms with van der Waals surface area (Å²) in [5.74, 6) is -0.0334. The third-order valence-electron chi connectivity index (χ3n) is 4.75. The van der Waals surface area contributed by atoms with Crippen molar-refractivity contribution in [1.29, 1.82) is 0 Å². The van der Waals surface area contributed by atoms with E-state index < -0.39 is 0 Å². The van der Waals surface area contributed by atoms with Gasteiger partial charge < -0.3 is 19.5 Å². The number of amides is 1. The van der Waals surface area contributed by atoms with Crippen LogP contribution >= 0.6 is 0 Å². The van der Waals surface area contributed by atoms with Gasteiger partial charge in [0, 0.05) is 56.9 Å². The molecule has 0 radical (unpaired) electrons. The lowest BCUT2D eigenvalue weighted by Crippen LogP contribution is -2.49. The number of likely N-dealkylation sites (N-methyl/N-ethyl adjacent to an activating group) is 1. The summed E-state index contributed by atoms with van der Waals surface area (Å²) in [6.07, 6.45) is 6.35. The molecule has 1 saturated heterocycles. The quantitative estimate of drug-likeness (QED) is 0.903. The standard InChI is InChI=1S/C18H27N5O/c1-18(2,6-8-22-12-10-21(3)11-13-22)20-17(24)15-4-5-16-19-7-9-23(16)14-15/h4-5,7,9,14H,6,8,10-13H2,1-3H3,(H,20,24). The van der Waals surface area contributed by atoms with Crippen molar-refractivity contribution in [1.82, 2.24) is 24.5 Å². The summed E-state index contributed by atoms with van der Waals surface area (Å²) in [5, 5.41) is 3.17. The number of pyridine rings is 1. The van der Waals surface area contributed by atoms with Crippen molar-refractivity contribution < 1.29 is 4.79 Å². The second-order valence-corrected chi connectivity index (χ2v) is 7.34. The zero-order valence-electron chi connectivity index (χ0n) is 14.8. The van der Waals surface area contributed by atoms with Gasteiger partial charge in [-0.3, -0.25) is 4.79 Å². The number of rotatable bonds is 5. The zero-order chi connectivity index (χ0) is 17.2. The number of hydrogen-bond donors (Lipinski definition) is 1. The van der Waals surface area contributed by atoms with Gasteiger partial charge in [-0.2, -0.15) is 0 Å². The molecule has 0 aliphatic carbocycles. The highest BCUT2D eigenvalue weighted by Crippen LogP contribution is 2.13. The Labute approximate surface area is 143 Å². The minimum atomic E-state index is -0.232. The number of carbonyl (C=O) groups is 1. The maximum atomic E-state index is 12.6. The third kappa shape index (κ3) is 4.13. The molecule has 3 rings (SSSR count). The van der Waals surface area contributed by atoms with Crippen LogP contribution in [0.5, 0.6) is 0 Å². The van der Waals surface area contributed by atoms with Gasteiger partial charge in [0.25, 0.3) is 5.91 Å². The molecule has 0 aromatic carbocycles. The van der Waals surface area contributed by atoms with Gasteiger partial charge in [-0.15, -0.1) is 0 Å². The molecule has 0 atom stereocenters. The molecule has 1 aliphatic heterocycles. The molecule has 1 N–H and O–H groups in total. The molecular formula is C18H27N5O. The summed E-state index contributed by atoms with van der Waals surface area (Å²) in [5.41, 5.74) is 1.28.